The van der Waals surface area contributed by atoms with Crippen molar-refractivity contribution in [2.45, 2.75) is 25.8 Å². The maximum absolute atomic E-state index is 12.6. The first-order chi connectivity index (χ1) is 9.00. The van der Waals surface area contributed by atoms with Gasteiger partial charge in [0.05, 0.1) is 5.56 Å². The van der Waals surface area contributed by atoms with Crippen molar-refractivity contribution in [3.8, 4) is 0 Å². The number of likely N-dealkylation sites (tertiary alicyclic amines) is 1. The fourth-order valence-corrected chi connectivity index (χ4v) is 2.60. The molecule has 0 spiro atoms. The molecule has 4 nitrogen and oxygen atoms in total. The molecule has 104 valence electrons. The molecule has 2 rings (SSSR count). The minimum atomic E-state index is 0.0627. The topological polar surface area (TPSA) is 49.6 Å². The summed E-state index contributed by atoms with van der Waals surface area (Å²) in [6, 6.07) is 6.10. The number of carbonyl (C=O) groups is 1. The molecule has 1 unspecified atom stereocenters. The Hall–Kier alpha value is -1.55. The van der Waals surface area contributed by atoms with Crippen molar-refractivity contribution in [2.24, 2.45) is 0 Å². The lowest BCUT2D eigenvalue weighted by molar-refractivity contribution is 0.0636. The number of para-hydroxylation sites is 1. The molecule has 0 bridgehead atoms. The number of carbonyl (C=O) groups excluding carboxylic acids is 1. The van der Waals surface area contributed by atoms with Gasteiger partial charge in [-0.05, 0) is 45.5 Å². The Morgan fingerprint density at radius 3 is 2.84 bits per heavy atom. The quantitative estimate of drug-likeness (QED) is 0.825. The van der Waals surface area contributed by atoms with Crippen LogP contribution in [0, 0.1) is 6.92 Å². The summed E-state index contributed by atoms with van der Waals surface area (Å²) in [7, 11) is 4.14. The zero-order valence-electron chi connectivity index (χ0n) is 12.0. The summed E-state index contributed by atoms with van der Waals surface area (Å²) >= 11 is 0. The molecule has 0 aromatic heterocycles. The van der Waals surface area contributed by atoms with E-state index in [0.29, 0.717) is 17.3 Å². The molecule has 0 saturated carbocycles. The average Bonchev–Trinajstić information content (AvgIpc) is 2.41. The minimum absolute atomic E-state index is 0.0627. The third-order valence-corrected chi connectivity index (χ3v) is 3.97. The highest BCUT2D eigenvalue weighted by Crippen LogP contribution is 2.21. The maximum atomic E-state index is 12.6. The number of rotatable bonds is 2. The van der Waals surface area contributed by atoms with E-state index in [2.05, 4.69) is 19.0 Å². The lowest BCUT2D eigenvalue weighted by Crippen LogP contribution is -2.47. The van der Waals surface area contributed by atoms with E-state index in [9.17, 15) is 4.79 Å². The fourth-order valence-electron chi connectivity index (χ4n) is 2.60. The second kappa shape index (κ2) is 5.61. The monoisotopic (exact) mass is 261 g/mol. The van der Waals surface area contributed by atoms with Gasteiger partial charge < -0.3 is 15.5 Å². The molecule has 2 N–H and O–H groups in total. The molecule has 1 aromatic carbocycles. The van der Waals surface area contributed by atoms with Crippen molar-refractivity contribution in [3.05, 3.63) is 29.3 Å². The highest BCUT2D eigenvalue weighted by molar-refractivity contribution is 5.99. The van der Waals surface area contributed by atoms with Crippen molar-refractivity contribution >= 4 is 11.6 Å². The standard InChI is InChI=1S/C15H23N3O/c1-11-6-4-8-13(14(11)16)15(19)18-9-5-7-12(10-18)17(2)3/h4,6,8,12H,5,7,9-10,16H2,1-3H3. The predicted octanol–water partition coefficient (Wildman–Crippen LogP) is 1.74. The van der Waals surface area contributed by atoms with Gasteiger partial charge in [0.2, 0.25) is 0 Å². The number of piperidine rings is 1. The summed E-state index contributed by atoms with van der Waals surface area (Å²) in [6.07, 6.45) is 2.21. The number of amides is 1. The molecule has 0 radical (unpaired) electrons. The highest BCUT2D eigenvalue weighted by Gasteiger charge is 2.26. The van der Waals surface area contributed by atoms with Crippen molar-refractivity contribution < 1.29 is 4.79 Å². The van der Waals surface area contributed by atoms with Crippen LogP contribution in [0.5, 0.6) is 0 Å². The summed E-state index contributed by atoms with van der Waals surface area (Å²) < 4.78 is 0. The van der Waals surface area contributed by atoms with Gasteiger partial charge in [0.25, 0.3) is 5.91 Å². The lowest BCUT2D eigenvalue weighted by atomic mass is 10.0. The van der Waals surface area contributed by atoms with E-state index in [1.54, 1.807) is 0 Å². The smallest absolute Gasteiger partial charge is 0.256 e. The molecule has 1 saturated heterocycles. The van der Waals surface area contributed by atoms with Crippen LogP contribution in [-0.4, -0.2) is 48.9 Å². The van der Waals surface area contributed by atoms with Crippen LogP contribution in [0.25, 0.3) is 0 Å². The summed E-state index contributed by atoms with van der Waals surface area (Å²) in [5.74, 6) is 0.0627. The molecule has 1 fully saturated rings. The van der Waals surface area contributed by atoms with Crippen LogP contribution in [0.3, 0.4) is 0 Å². The van der Waals surface area contributed by atoms with Gasteiger partial charge in [0.15, 0.2) is 0 Å². The fraction of sp³-hybridized carbons (Fsp3) is 0.533. The molecule has 1 aromatic rings. The van der Waals surface area contributed by atoms with Crippen LogP contribution < -0.4 is 5.73 Å². The van der Waals surface area contributed by atoms with Gasteiger partial charge >= 0.3 is 0 Å². The van der Waals surface area contributed by atoms with E-state index in [0.717, 1.165) is 31.5 Å². The van der Waals surface area contributed by atoms with Crippen LogP contribution >= 0.6 is 0 Å². The minimum Gasteiger partial charge on any atom is -0.398 e. The van der Waals surface area contributed by atoms with Gasteiger partial charge in [0, 0.05) is 24.8 Å². The number of nitrogen functional groups attached to an aromatic ring is 1. The van der Waals surface area contributed by atoms with Crippen LogP contribution in [0.1, 0.15) is 28.8 Å². The van der Waals surface area contributed by atoms with Gasteiger partial charge in [-0.15, -0.1) is 0 Å². The van der Waals surface area contributed by atoms with Crippen LogP contribution in [0.2, 0.25) is 0 Å². The first kappa shape index (κ1) is 13.9. The summed E-state index contributed by atoms with van der Waals surface area (Å²) in [5.41, 5.74) is 8.24. The Labute approximate surface area is 115 Å². The van der Waals surface area contributed by atoms with Gasteiger partial charge in [-0.3, -0.25) is 4.79 Å². The third kappa shape index (κ3) is 2.89. The Balaban J connectivity index is 2.17. The van der Waals surface area contributed by atoms with Crippen molar-refractivity contribution in [1.29, 1.82) is 0 Å². The normalized spacial score (nSPS) is 19.8. The second-order valence-electron chi connectivity index (χ2n) is 5.55. The molecule has 19 heavy (non-hydrogen) atoms. The molecule has 1 amide bonds. The third-order valence-electron chi connectivity index (χ3n) is 3.97. The Bertz CT molecular complexity index is 470. The number of likely N-dealkylation sites (N-methyl/N-ethyl adjacent to an activating group) is 1. The van der Waals surface area contributed by atoms with Gasteiger partial charge in [-0.25, -0.2) is 0 Å². The Morgan fingerprint density at radius 1 is 1.42 bits per heavy atom. The molecule has 1 heterocycles. The Kier molecular flexibility index (Phi) is 4.10. The molecule has 1 atom stereocenters. The summed E-state index contributed by atoms with van der Waals surface area (Å²) in [6.45, 7) is 3.56. The van der Waals surface area contributed by atoms with E-state index in [-0.39, 0.29) is 5.91 Å². The highest BCUT2D eigenvalue weighted by atomic mass is 16.2. The molecule has 1 aliphatic rings. The zero-order chi connectivity index (χ0) is 14.0. The zero-order valence-corrected chi connectivity index (χ0v) is 12.0. The molecular formula is C15H23N3O. The van der Waals surface area contributed by atoms with Crippen molar-refractivity contribution in [1.82, 2.24) is 9.80 Å². The Morgan fingerprint density at radius 2 is 2.16 bits per heavy atom. The van der Waals surface area contributed by atoms with E-state index >= 15 is 0 Å². The first-order valence-corrected chi connectivity index (χ1v) is 6.81. The van der Waals surface area contributed by atoms with Gasteiger partial charge in [-0.1, -0.05) is 12.1 Å². The number of aryl methyl sites for hydroxylation is 1. The predicted molar refractivity (Wildman–Crippen MR) is 78.2 cm³/mol. The number of benzene rings is 1. The molecule has 4 heteroatoms. The molecular weight excluding hydrogens is 238 g/mol. The van der Waals surface area contributed by atoms with Crippen molar-refractivity contribution in [3.63, 3.8) is 0 Å². The number of anilines is 1. The van der Waals surface area contributed by atoms with E-state index in [1.165, 1.54) is 0 Å². The van der Waals surface area contributed by atoms with Crippen LogP contribution in [0.4, 0.5) is 5.69 Å². The summed E-state index contributed by atoms with van der Waals surface area (Å²) in [5, 5.41) is 0. The average molecular weight is 261 g/mol. The number of nitrogens with zero attached hydrogens (tertiary/aromatic N) is 2. The molecule has 0 aliphatic carbocycles. The van der Waals surface area contributed by atoms with Gasteiger partial charge in [-0.2, -0.15) is 0 Å². The van der Waals surface area contributed by atoms with E-state index in [4.69, 9.17) is 5.73 Å². The largest absolute Gasteiger partial charge is 0.398 e. The number of hydrogen-bond acceptors (Lipinski definition) is 3. The SMILES string of the molecule is Cc1cccc(C(=O)N2CCCC(N(C)C)C2)c1N. The summed E-state index contributed by atoms with van der Waals surface area (Å²) in [4.78, 5) is 16.7. The van der Waals surface area contributed by atoms with E-state index < -0.39 is 0 Å². The first-order valence-electron chi connectivity index (χ1n) is 6.81. The van der Waals surface area contributed by atoms with Gasteiger partial charge in [0.1, 0.15) is 0 Å². The number of nitrogens with two attached hydrogens (primary N) is 1. The van der Waals surface area contributed by atoms with E-state index in [1.807, 2.05) is 30.0 Å². The van der Waals surface area contributed by atoms with Crippen LogP contribution in [0.15, 0.2) is 18.2 Å². The maximum Gasteiger partial charge on any atom is 0.256 e. The van der Waals surface area contributed by atoms with Crippen LogP contribution in [-0.2, 0) is 0 Å². The van der Waals surface area contributed by atoms with Crippen molar-refractivity contribution in [2.75, 3.05) is 32.9 Å². The molecule has 1 aliphatic heterocycles. The lowest BCUT2D eigenvalue weighted by Gasteiger charge is -2.36. The second-order valence-corrected chi connectivity index (χ2v) is 5.55. The number of hydrogen-bond donors (Lipinski definition) is 1.